The van der Waals surface area contributed by atoms with Crippen LogP contribution in [0.5, 0.6) is 0 Å². The van der Waals surface area contributed by atoms with E-state index in [2.05, 4.69) is 6.58 Å². The average molecular weight is 251 g/mol. The highest BCUT2D eigenvalue weighted by molar-refractivity contribution is 5.95. The minimum atomic E-state index is -0.819. The van der Waals surface area contributed by atoms with Crippen molar-refractivity contribution in [3.05, 3.63) is 41.5 Å². The summed E-state index contributed by atoms with van der Waals surface area (Å²) in [6, 6.07) is 2.39. The van der Waals surface area contributed by atoms with Crippen molar-refractivity contribution in [3.8, 4) is 0 Å². The SMILES string of the molecule is C=Cc1ccc(F)c(C(=O)N2CCCCC2)c1F. The van der Waals surface area contributed by atoms with Crippen LogP contribution in [0.1, 0.15) is 35.2 Å². The molecule has 0 saturated carbocycles. The predicted molar refractivity (Wildman–Crippen MR) is 66.2 cm³/mol. The fourth-order valence-corrected chi connectivity index (χ4v) is 2.18. The van der Waals surface area contributed by atoms with Crippen LogP contribution in [0.3, 0.4) is 0 Å². The molecule has 1 aromatic carbocycles. The van der Waals surface area contributed by atoms with E-state index in [-0.39, 0.29) is 5.56 Å². The van der Waals surface area contributed by atoms with E-state index < -0.39 is 23.1 Å². The van der Waals surface area contributed by atoms with E-state index in [1.54, 1.807) is 0 Å². The lowest BCUT2D eigenvalue weighted by Crippen LogP contribution is -2.36. The van der Waals surface area contributed by atoms with Crippen molar-refractivity contribution < 1.29 is 13.6 Å². The van der Waals surface area contributed by atoms with Gasteiger partial charge in [0, 0.05) is 18.7 Å². The fraction of sp³-hybridized carbons (Fsp3) is 0.357. The summed E-state index contributed by atoms with van der Waals surface area (Å²) in [5.41, 5.74) is -0.314. The molecule has 0 spiro atoms. The van der Waals surface area contributed by atoms with Crippen LogP contribution >= 0.6 is 0 Å². The summed E-state index contributed by atoms with van der Waals surface area (Å²) in [6.07, 6.45) is 4.11. The van der Waals surface area contributed by atoms with Crippen LogP contribution in [-0.4, -0.2) is 23.9 Å². The lowest BCUT2D eigenvalue weighted by atomic mass is 10.1. The number of amides is 1. The van der Waals surface area contributed by atoms with Gasteiger partial charge in [0.25, 0.3) is 5.91 Å². The Bertz CT molecular complexity index is 479. The molecule has 0 atom stereocenters. The molecule has 1 heterocycles. The second-order valence-electron chi connectivity index (χ2n) is 4.38. The molecule has 2 rings (SSSR count). The highest BCUT2D eigenvalue weighted by atomic mass is 19.1. The number of rotatable bonds is 2. The normalized spacial score (nSPS) is 15.6. The first-order valence-electron chi connectivity index (χ1n) is 6.05. The van der Waals surface area contributed by atoms with Crippen molar-refractivity contribution in [1.82, 2.24) is 4.90 Å². The van der Waals surface area contributed by atoms with Crippen LogP contribution in [-0.2, 0) is 0 Å². The van der Waals surface area contributed by atoms with Crippen LogP contribution in [0.25, 0.3) is 6.08 Å². The molecule has 1 aliphatic heterocycles. The molecule has 0 unspecified atom stereocenters. The third kappa shape index (κ3) is 2.28. The largest absolute Gasteiger partial charge is 0.338 e. The Morgan fingerprint density at radius 2 is 1.89 bits per heavy atom. The fourth-order valence-electron chi connectivity index (χ4n) is 2.18. The maximum absolute atomic E-state index is 14.0. The van der Waals surface area contributed by atoms with Gasteiger partial charge in [0.15, 0.2) is 0 Å². The van der Waals surface area contributed by atoms with Crippen molar-refractivity contribution in [1.29, 1.82) is 0 Å². The minimum Gasteiger partial charge on any atom is -0.338 e. The summed E-state index contributed by atoms with van der Waals surface area (Å²) < 4.78 is 27.6. The number of nitrogens with zero attached hydrogens (tertiary/aromatic N) is 1. The monoisotopic (exact) mass is 251 g/mol. The van der Waals surface area contributed by atoms with E-state index in [4.69, 9.17) is 0 Å². The second kappa shape index (κ2) is 5.29. The molecule has 18 heavy (non-hydrogen) atoms. The highest BCUT2D eigenvalue weighted by Gasteiger charge is 2.25. The molecule has 1 aliphatic rings. The minimum absolute atomic E-state index is 0.150. The molecule has 2 nitrogen and oxygen atoms in total. The quantitative estimate of drug-likeness (QED) is 0.790. The van der Waals surface area contributed by atoms with Crippen LogP contribution in [0.4, 0.5) is 8.78 Å². The van der Waals surface area contributed by atoms with Crippen LogP contribution in [0.15, 0.2) is 18.7 Å². The van der Waals surface area contributed by atoms with E-state index in [0.717, 1.165) is 25.3 Å². The predicted octanol–water partition coefficient (Wildman–Crippen LogP) is 3.23. The van der Waals surface area contributed by atoms with Crippen molar-refractivity contribution in [3.63, 3.8) is 0 Å². The lowest BCUT2D eigenvalue weighted by Gasteiger charge is -2.27. The van der Waals surface area contributed by atoms with Crippen LogP contribution in [0, 0.1) is 11.6 Å². The first kappa shape index (κ1) is 12.7. The van der Waals surface area contributed by atoms with Gasteiger partial charge in [-0.15, -0.1) is 0 Å². The van der Waals surface area contributed by atoms with Gasteiger partial charge < -0.3 is 4.90 Å². The van der Waals surface area contributed by atoms with Crippen molar-refractivity contribution in [2.75, 3.05) is 13.1 Å². The van der Waals surface area contributed by atoms with Gasteiger partial charge in [0.05, 0.1) is 0 Å². The van der Waals surface area contributed by atoms with E-state index in [1.165, 1.54) is 17.0 Å². The maximum Gasteiger partial charge on any atom is 0.259 e. The molecular weight excluding hydrogens is 236 g/mol. The van der Waals surface area contributed by atoms with Gasteiger partial charge >= 0.3 is 0 Å². The number of halogens is 2. The molecular formula is C14H15F2NO. The first-order valence-corrected chi connectivity index (χ1v) is 6.05. The number of carbonyl (C=O) groups excluding carboxylic acids is 1. The molecule has 0 bridgehead atoms. The maximum atomic E-state index is 14.0. The molecule has 96 valence electrons. The van der Waals surface area contributed by atoms with E-state index in [1.807, 2.05) is 0 Å². The number of hydrogen-bond acceptors (Lipinski definition) is 1. The summed E-state index contributed by atoms with van der Waals surface area (Å²) in [5, 5.41) is 0. The Kier molecular flexibility index (Phi) is 3.75. The molecule has 1 fully saturated rings. The number of carbonyl (C=O) groups is 1. The van der Waals surface area contributed by atoms with Gasteiger partial charge in [0.2, 0.25) is 0 Å². The molecule has 0 radical (unpaired) electrons. The molecule has 0 N–H and O–H groups in total. The first-order chi connectivity index (χ1) is 8.65. The zero-order chi connectivity index (χ0) is 13.1. The molecule has 1 aromatic rings. The van der Waals surface area contributed by atoms with Gasteiger partial charge in [0.1, 0.15) is 17.2 Å². The molecule has 1 amide bonds. The van der Waals surface area contributed by atoms with Crippen molar-refractivity contribution in [2.45, 2.75) is 19.3 Å². The van der Waals surface area contributed by atoms with Gasteiger partial charge in [-0.1, -0.05) is 12.7 Å². The molecule has 4 heteroatoms. The van der Waals surface area contributed by atoms with Crippen molar-refractivity contribution >= 4 is 12.0 Å². The highest BCUT2D eigenvalue weighted by Crippen LogP contribution is 2.21. The standard InChI is InChI=1S/C14H15F2NO/c1-2-10-6-7-11(15)12(13(10)16)14(18)17-8-4-3-5-9-17/h2,6-7H,1,3-5,8-9H2. The number of likely N-dealkylation sites (tertiary alicyclic amines) is 1. The van der Waals surface area contributed by atoms with E-state index in [0.29, 0.717) is 13.1 Å². The summed E-state index contributed by atoms with van der Waals surface area (Å²) in [5.74, 6) is -2.19. The molecule has 0 aliphatic carbocycles. The second-order valence-corrected chi connectivity index (χ2v) is 4.38. The van der Waals surface area contributed by atoms with Gasteiger partial charge in [-0.05, 0) is 31.4 Å². The Balaban J connectivity index is 2.37. The van der Waals surface area contributed by atoms with Crippen LogP contribution in [0.2, 0.25) is 0 Å². The van der Waals surface area contributed by atoms with Gasteiger partial charge in [-0.2, -0.15) is 0 Å². The number of benzene rings is 1. The number of piperidine rings is 1. The summed E-state index contributed by atoms with van der Waals surface area (Å²) in [7, 11) is 0. The average Bonchev–Trinajstić information content (AvgIpc) is 2.40. The Hall–Kier alpha value is -1.71. The molecule has 0 aromatic heterocycles. The lowest BCUT2D eigenvalue weighted by molar-refractivity contribution is 0.0714. The topological polar surface area (TPSA) is 20.3 Å². The Morgan fingerprint density at radius 3 is 2.50 bits per heavy atom. The van der Waals surface area contributed by atoms with Gasteiger partial charge in [-0.25, -0.2) is 8.78 Å². The molecule has 1 saturated heterocycles. The van der Waals surface area contributed by atoms with E-state index in [9.17, 15) is 13.6 Å². The Morgan fingerprint density at radius 1 is 1.22 bits per heavy atom. The summed E-state index contributed by atoms with van der Waals surface area (Å²) >= 11 is 0. The summed E-state index contributed by atoms with van der Waals surface area (Å²) in [6.45, 7) is 4.58. The van der Waals surface area contributed by atoms with E-state index >= 15 is 0 Å². The zero-order valence-electron chi connectivity index (χ0n) is 10.1. The third-order valence-electron chi connectivity index (χ3n) is 3.20. The van der Waals surface area contributed by atoms with Crippen LogP contribution < -0.4 is 0 Å². The zero-order valence-corrected chi connectivity index (χ0v) is 10.1. The smallest absolute Gasteiger partial charge is 0.259 e. The number of hydrogen-bond donors (Lipinski definition) is 0. The van der Waals surface area contributed by atoms with Crippen molar-refractivity contribution in [2.24, 2.45) is 0 Å². The third-order valence-corrected chi connectivity index (χ3v) is 3.20. The summed E-state index contributed by atoms with van der Waals surface area (Å²) in [4.78, 5) is 13.6. The van der Waals surface area contributed by atoms with Gasteiger partial charge in [-0.3, -0.25) is 4.79 Å². The Labute approximate surface area is 105 Å².